The van der Waals surface area contributed by atoms with Crippen molar-refractivity contribution in [1.29, 1.82) is 0 Å². The van der Waals surface area contributed by atoms with Crippen LogP contribution in [0.3, 0.4) is 0 Å². The Balaban J connectivity index is 1.57. The Bertz CT molecular complexity index is 210. The lowest BCUT2D eigenvalue weighted by Crippen LogP contribution is -2.51. The average Bonchev–Trinajstić information content (AvgIpc) is 2.38. The molecule has 2 rings (SSSR count). The number of hydrogen-bond donors (Lipinski definition) is 4. The standard InChI is InChI=1S/C14H30N4/c15-11-5-1-3-7-13(11)17-9-10-18-14-8-4-2-6-12(14)16/h11-14,17-18H,1-10,15-16H2/t11-,12+,13+,14?/m0/s1. The van der Waals surface area contributed by atoms with Crippen LogP contribution in [0.2, 0.25) is 0 Å². The molecule has 6 N–H and O–H groups in total. The van der Waals surface area contributed by atoms with Gasteiger partial charge in [0.2, 0.25) is 0 Å². The maximum atomic E-state index is 6.12. The number of nitrogens with one attached hydrogen (secondary N) is 2. The third-order valence-electron chi connectivity index (χ3n) is 4.58. The largest absolute Gasteiger partial charge is 0.326 e. The van der Waals surface area contributed by atoms with Crippen molar-refractivity contribution in [1.82, 2.24) is 10.6 Å². The van der Waals surface area contributed by atoms with E-state index >= 15 is 0 Å². The van der Waals surface area contributed by atoms with Crippen molar-refractivity contribution in [2.75, 3.05) is 13.1 Å². The lowest BCUT2D eigenvalue weighted by molar-refractivity contribution is 0.306. The molecule has 0 radical (unpaired) electrons. The summed E-state index contributed by atoms with van der Waals surface area (Å²) in [6.07, 6.45) is 10.1. The van der Waals surface area contributed by atoms with E-state index in [4.69, 9.17) is 11.5 Å². The van der Waals surface area contributed by atoms with E-state index in [0.29, 0.717) is 24.2 Å². The van der Waals surface area contributed by atoms with Gasteiger partial charge in [-0.15, -0.1) is 0 Å². The van der Waals surface area contributed by atoms with Gasteiger partial charge in [0, 0.05) is 37.3 Å². The summed E-state index contributed by atoms with van der Waals surface area (Å²) in [5, 5.41) is 7.19. The highest BCUT2D eigenvalue weighted by molar-refractivity contribution is 4.86. The number of rotatable bonds is 5. The summed E-state index contributed by atoms with van der Waals surface area (Å²) in [4.78, 5) is 0. The lowest BCUT2D eigenvalue weighted by atomic mass is 9.90. The predicted molar refractivity (Wildman–Crippen MR) is 76.5 cm³/mol. The molecule has 18 heavy (non-hydrogen) atoms. The Morgan fingerprint density at radius 2 is 1.06 bits per heavy atom. The monoisotopic (exact) mass is 254 g/mol. The van der Waals surface area contributed by atoms with Gasteiger partial charge >= 0.3 is 0 Å². The van der Waals surface area contributed by atoms with Crippen LogP contribution in [0.4, 0.5) is 0 Å². The van der Waals surface area contributed by atoms with Crippen LogP contribution < -0.4 is 22.1 Å². The molecule has 0 amide bonds. The molecule has 2 saturated carbocycles. The van der Waals surface area contributed by atoms with Gasteiger partial charge in [-0.3, -0.25) is 0 Å². The molecule has 0 heterocycles. The van der Waals surface area contributed by atoms with Gasteiger partial charge in [-0.1, -0.05) is 25.7 Å². The molecule has 0 spiro atoms. The highest BCUT2D eigenvalue weighted by Gasteiger charge is 2.22. The molecule has 0 aromatic heterocycles. The zero-order valence-electron chi connectivity index (χ0n) is 11.5. The van der Waals surface area contributed by atoms with E-state index in [9.17, 15) is 0 Å². The molecular weight excluding hydrogens is 224 g/mol. The van der Waals surface area contributed by atoms with E-state index in [2.05, 4.69) is 10.6 Å². The summed E-state index contributed by atoms with van der Waals surface area (Å²) in [5.74, 6) is 0. The fraction of sp³-hybridized carbons (Fsp3) is 1.00. The van der Waals surface area contributed by atoms with E-state index in [1.54, 1.807) is 0 Å². The summed E-state index contributed by atoms with van der Waals surface area (Å²) in [6.45, 7) is 2.03. The molecule has 4 heteroatoms. The normalized spacial score (nSPS) is 37.7. The minimum Gasteiger partial charge on any atom is -0.326 e. The number of nitrogens with two attached hydrogens (primary N) is 2. The summed E-state index contributed by atoms with van der Waals surface area (Å²) in [7, 11) is 0. The summed E-state index contributed by atoms with van der Waals surface area (Å²) >= 11 is 0. The van der Waals surface area contributed by atoms with Gasteiger partial charge < -0.3 is 22.1 Å². The molecule has 2 aliphatic rings. The van der Waals surface area contributed by atoms with Crippen LogP contribution >= 0.6 is 0 Å². The van der Waals surface area contributed by atoms with Crippen molar-refractivity contribution < 1.29 is 0 Å². The van der Waals surface area contributed by atoms with Crippen molar-refractivity contribution in [3.8, 4) is 0 Å². The van der Waals surface area contributed by atoms with Crippen molar-refractivity contribution in [2.45, 2.75) is 75.5 Å². The van der Waals surface area contributed by atoms with Gasteiger partial charge in [-0.05, 0) is 25.7 Å². The molecular formula is C14H30N4. The Kier molecular flexibility index (Phi) is 5.89. The Labute approximate surface area is 111 Å². The quantitative estimate of drug-likeness (QED) is 0.545. The minimum atomic E-state index is 0.357. The van der Waals surface area contributed by atoms with Crippen LogP contribution in [-0.4, -0.2) is 37.3 Å². The molecule has 0 bridgehead atoms. The Morgan fingerprint density at radius 3 is 1.44 bits per heavy atom. The van der Waals surface area contributed by atoms with Gasteiger partial charge in [0.1, 0.15) is 0 Å². The van der Waals surface area contributed by atoms with Crippen molar-refractivity contribution in [2.24, 2.45) is 11.5 Å². The van der Waals surface area contributed by atoms with Crippen LogP contribution in [-0.2, 0) is 0 Å². The fourth-order valence-corrected chi connectivity index (χ4v) is 3.34. The zero-order chi connectivity index (χ0) is 12.8. The topological polar surface area (TPSA) is 76.1 Å². The van der Waals surface area contributed by atoms with Crippen LogP contribution in [0.15, 0.2) is 0 Å². The zero-order valence-corrected chi connectivity index (χ0v) is 11.5. The molecule has 4 nitrogen and oxygen atoms in total. The van der Waals surface area contributed by atoms with Gasteiger partial charge in [-0.2, -0.15) is 0 Å². The lowest BCUT2D eigenvalue weighted by Gasteiger charge is -2.31. The second kappa shape index (κ2) is 7.43. The smallest absolute Gasteiger partial charge is 0.0219 e. The van der Waals surface area contributed by atoms with Crippen LogP contribution in [0.5, 0.6) is 0 Å². The van der Waals surface area contributed by atoms with Gasteiger partial charge in [0.15, 0.2) is 0 Å². The van der Waals surface area contributed by atoms with Crippen molar-refractivity contribution in [3.05, 3.63) is 0 Å². The van der Waals surface area contributed by atoms with E-state index in [0.717, 1.165) is 13.1 Å². The number of hydrogen-bond acceptors (Lipinski definition) is 4. The third-order valence-corrected chi connectivity index (χ3v) is 4.58. The summed E-state index contributed by atoms with van der Waals surface area (Å²) in [6, 6.07) is 1.77. The van der Waals surface area contributed by atoms with Crippen LogP contribution in [0.25, 0.3) is 0 Å². The Morgan fingerprint density at radius 1 is 0.667 bits per heavy atom. The molecule has 2 fully saturated rings. The third kappa shape index (κ3) is 4.19. The molecule has 0 aliphatic heterocycles. The predicted octanol–water partition coefficient (Wildman–Crippen LogP) is 0.705. The molecule has 0 saturated heterocycles. The molecule has 0 aromatic rings. The first kappa shape index (κ1) is 14.3. The first-order valence-electron chi connectivity index (χ1n) is 7.75. The first-order chi connectivity index (χ1) is 8.77. The van der Waals surface area contributed by atoms with Gasteiger partial charge in [-0.25, -0.2) is 0 Å². The second-order valence-corrected chi connectivity index (χ2v) is 6.02. The second-order valence-electron chi connectivity index (χ2n) is 6.02. The highest BCUT2D eigenvalue weighted by Crippen LogP contribution is 2.17. The van der Waals surface area contributed by atoms with Crippen LogP contribution in [0.1, 0.15) is 51.4 Å². The van der Waals surface area contributed by atoms with E-state index < -0.39 is 0 Å². The van der Waals surface area contributed by atoms with Crippen molar-refractivity contribution in [3.63, 3.8) is 0 Å². The van der Waals surface area contributed by atoms with Crippen LogP contribution in [0, 0.1) is 0 Å². The molecule has 4 atom stereocenters. The van der Waals surface area contributed by atoms with E-state index in [-0.39, 0.29) is 0 Å². The van der Waals surface area contributed by atoms with E-state index in [1.165, 1.54) is 51.4 Å². The fourth-order valence-electron chi connectivity index (χ4n) is 3.34. The SMILES string of the molecule is N[C@@H]1CCCCC1NCCN[C@@H]1CCCC[C@@H]1N. The Hall–Kier alpha value is -0.160. The molecule has 0 aromatic carbocycles. The maximum absolute atomic E-state index is 6.12. The van der Waals surface area contributed by atoms with E-state index in [1.807, 2.05) is 0 Å². The highest BCUT2D eigenvalue weighted by atomic mass is 15.0. The molecule has 106 valence electrons. The minimum absolute atomic E-state index is 0.357. The summed E-state index contributed by atoms with van der Waals surface area (Å²) < 4.78 is 0. The summed E-state index contributed by atoms with van der Waals surface area (Å²) in [5.41, 5.74) is 12.2. The molecule has 1 unspecified atom stereocenters. The first-order valence-corrected chi connectivity index (χ1v) is 7.75. The molecule has 2 aliphatic carbocycles. The average molecular weight is 254 g/mol. The van der Waals surface area contributed by atoms with Crippen molar-refractivity contribution >= 4 is 0 Å². The van der Waals surface area contributed by atoms with Gasteiger partial charge in [0.05, 0.1) is 0 Å². The maximum Gasteiger partial charge on any atom is 0.0219 e. The van der Waals surface area contributed by atoms with Gasteiger partial charge in [0.25, 0.3) is 0 Å².